The molecule has 4 amide bonds. The minimum Gasteiger partial charge on any atom is -0.355 e. The van der Waals surface area contributed by atoms with E-state index in [2.05, 4.69) is 126 Å². The van der Waals surface area contributed by atoms with E-state index in [4.69, 9.17) is 9.97 Å². The highest BCUT2D eigenvalue weighted by Crippen LogP contribution is 2.44. The summed E-state index contributed by atoms with van der Waals surface area (Å²) in [4.78, 5) is 79.9. The number of aromatic amines is 2. The third kappa shape index (κ3) is 10.4. The lowest BCUT2D eigenvalue weighted by Crippen LogP contribution is -2.44. The molecule has 4 aliphatic heterocycles. The topological polar surface area (TPSA) is 144 Å². The standard InChI is InChI=1S/C74H67N7O4/c1-3-5-7-9-11-22-44-80-71(82)52-34-35-53-69-68(52)54(73(80)84)46-63(70(69)74(85)81(72(53)83)45-23-12-10-8-6-4-2)75-51-32-30-50(31-33-51)67-61-42-40-59(78-61)65(48-26-18-14-19-27-48)57-38-36-55(76-57)64(47-24-16-13-17-25-47)56-37-39-58(77-56)66(49-28-20-15-21-29-49)60-41-43-62(67)79-60/h13-21,24-43,46,75-76,79H,3-12,22-23,44-45H2,1-2H3. The predicted octanol–water partition coefficient (Wildman–Crippen LogP) is 18.1. The molecular weight excluding hydrogens is 1050 g/mol. The summed E-state index contributed by atoms with van der Waals surface area (Å²) in [5.74, 6) is -1.67. The molecule has 0 atom stereocenters. The van der Waals surface area contributed by atoms with Crippen molar-refractivity contribution >= 4 is 92.1 Å². The molecule has 0 spiro atoms. The molecule has 6 aromatic carbocycles. The summed E-state index contributed by atoms with van der Waals surface area (Å²) in [5, 5.41) is 4.30. The van der Waals surface area contributed by atoms with Crippen molar-refractivity contribution in [2.45, 2.75) is 90.9 Å². The average Bonchev–Trinajstić information content (AvgIpc) is 2.30. The van der Waals surface area contributed by atoms with Gasteiger partial charge in [0, 0.05) is 85.0 Å². The average molecular weight is 1120 g/mol. The third-order valence-electron chi connectivity index (χ3n) is 17.0. The Kier molecular flexibility index (Phi) is 15.3. The zero-order chi connectivity index (χ0) is 58.0. The fraction of sp³-hybridized carbons (Fsp3) is 0.216. The van der Waals surface area contributed by atoms with Crippen LogP contribution >= 0.6 is 0 Å². The molecule has 11 heteroatoms. The van der Waals surface area contributed by atoms with E-state index in [-0.39, 0.29) is 18.7 Å². The normalized spacial score (nSPS) is 13.4. The number of nitrogens with zero attached hydrogens (tertiary/aromatic N) is 4. The van der Waals surface area contributed by atoms with Gasteiger partial charge in [-0.1, -0.05) is 181 Å². The molecule has 0 fully saturated rings. The second kappa shape index (κ2) is 23.9. The molecule has 0 saturated heterocycles. The molecule has 7 heterocycles. The number of hydrogen-bond donors (Lipinski definition) is 3. The first-order valence-corrected chi connectivity index (χ1v) is 30.3. The molecule has 11 nitrogen and oxygen atoms in total. The van der Waals surface area contributed by atoms with Crippen molar-refractivity contribution < 1.29 is 19.2 Å². The Balaban J connectivity index is 0.958. The number of carbonyl (C=O) groups excluding carboxylic acids is 4. The van der Waals surface area contributed by atoms with Gasteiger partial charge in [-0.25, -0.2) is 9.97 Å². The maximum absolute atomic E-state index is 15.0. The van der Waals surface area contributed by atoms with Gasteiger partial charge in [0.05, 0.1) is 39.6 Å². The summed E-state index contributed by atoms with van der Waals surface area (Å²) in [7, 11) is 0. The van der Waals surface area contributed by atoms with Gasteiger partial charge in [-0.2, -0.15) is 0 Å². The summed E-state index contributed by atoms with van der Waals surface area (Å²) < 4.78 is 0. The van der Waals surface area contributed by atoms with Crippen molar-refractivity contribution in [3.8, 4) is 44.5 Å². The number of nitrogens with one attached hydrogen (secondary N) is 3. The molecule has 0 aliphatic carbocycles. The van der Waals surface area contributed by atoms with Crippen LogP contribution in [-0.4, -0.2) is 66.5 Å². The van der Waals surface area contributed by atoms with Crippen LogP contribution in [0.5, 0.6) is 0 Å². The van der Waals surface area contributed by atoms with Crippen molar-refractivity contribution in [1.82, 2.24) is 29.7 Å². The summed E-state index contributed by atoms with van der Waals surface area (Å²) in [6, 6.07) is 52.7. The second-order valence-corrected chi connectivity index (χ2v) is 22.6. The molecule has 8 bridgehead atoms. The molecule has 3 N–H and O–H groups in total. The first-order chi connectivity index (χ1) is 41.8. The maximum Gasteiger partial charge on any atom is 0.263 e. The van der Waals surface area contributed by atoms with Gasteiger partial charge in [0.2, 0.25) is 0 Å². The molecule has 0 radical (unpaired) electrons. The molecule has 13 rings (SSSR count). The quantitative estimate of drug-likeness (QED) is 0.0509. The summed E-state index contributed by atoms with van der Waals surface area (Å²) in [6.45, 7) is 4.91. The lowest BCUT2D eigenvalue weighted by atomic mass is 9.84. The lowest BCUT2D eigenvalue weighted by Gasteiger charge is -2.33. The Morgan fingerprint density at radius 1 is 0.365 bits per heavy atom. The van der Waals surface area contributed by atoms with Crippen molar-refractivity contribution in [1.29, 1.82) is 0 Å². The van der Waals surface area contributed by atoms with Crippen molar-refractivity contribution in [3.63, 3.8) is 0 Å². The van der Waals surface area contributed by atoms with Crippen LogP contribution in [0.3, 0.4) is 0 Å². The highest BCUT2D eigenvalue weighted by Gasteiger charge is 2.41. The van der Waals surface area contributed by atoms with E-state index in [0.717, 1.165) is 154 Å². The second-order valence-electron chi connectivity index (χ2n) is 22.6. The molecular formula is C74H67N7O4. The minimum atomic E-state index is -0.442. The Labute approximate surface area is 495 Å². The maximum atomic E-state index is 15.0. The van der Waals surface area contributed by atoms with Crippen LogP contribution in [0.4, 0.5) is 11.4 Å². The Morgan fingerprint density at radius 2 is 0.729 bits per heavy atom. The molecule has 0 unspecified atom stereocenters. The van der Waals surface area contributed by atoms with Gasteiger partial charge in [-0.3, -0.25) is 29.0 Å². The summed E-state index contributed by atoms with van der Waals surface area (Å²) in [5.41, 5.74) is 16.7. The fourth-order valence-electron chi connectivity index (χ4n) is 12.8. The number of carbonyl (C=O) groups is 4. The van der Waals surface area contributed by atoms with E-state index >= 15 is 4.79 Å². The van der Waals surface area contributed by atoms with Gasteiger partial charge in [0.15, 0.2) is 0 Å². The molecule has 4 aliphatic rings. The number of aromatic nitrogens is 4. The Hall–Kier alpha value is -9.74. The number of fused-ring (bicyclic) bond motifs is 8. The van der Waals surface area contributed by atoms with Crippen molar-refractivity contribution in [2.75, 3.05) is 18.4 Å². The Bertz CT molecular complexity index is 4290. The number of rotatable bonds is 20. The van der Waals surface area contributed by atoms with Crippen molar-refractivity contribution in [2.24, 2.45) is 0 Å². The van der Waals surface area contributed by atoms with E-state index in [1.807, 2.05) is 66.7 Å². The number of benzene rings is 6. The van der Waals surface area contributed by atoms with Crippen LogP contribution in [0.25, 0.3) is 102 Å². The third-order valence-corrected chi connectivity index (χ3v) is 17.0. The smallest absolute Gasteiger partial charge is 0.263 e. The number of hydrogen-bond acceptors (Lipinski definition) is 7. The minimum absolute atomic E-state index is 0.266. The largest absolute Gasteiger partial charge is 0.355 e. The molecule has 3 aromatic heterocycles. The van der Waals surface area contributed by atoms with Crippen LogP contribution in [0.2, 0.25) is 0 Å². The van der Waals surface area contributed by atoms with Gasteiger partial charge in [-0.15, -0.1) is 0 Å². The van der Waals surface area contributed by atoms with Gasteiger partial charge in [-0.05, 0) is 114 Å². The molecule has 85 heavy (non-hydrogen) atoms. The number of H-pyrrole nitrogens is 2. The van der Waals surface area contributed by atoms with Crippen LogP contribution in [0.15, 0.2) is 158 Å². The van der Waals surface area contributed by atoms with Crippen LogP contribution in [0, 0.1) is 0 Å². The zero-order valence-corrected chi connectivity index (χ0v) is 48.1. The SMILES string of the molecule is CCCCCCCCN1C(=O)c2ccc3c4c(c(Nc5ccc(-c6c7nc(c(-c8ccccc8)c8ccc([nH]8)c(-c8ccccc8)c8nc(c(-c9ccccc9)c9ccc6[nH]9)C=C8)C=C7)cc5)cc(c24)C1=O)C(=O)N(CCCCCCCC)C3=O. The van der Waals surface area contributed by atoms with E-state index < -0.39 is 23.6 Å². The Morgan fingerprint density at radius 3 is 1.15 bits per heavy atom. The predicted molar refractivity (Wildman–Crippen MR) is 345 cm³/mol. The number of unbranched alkanes of at least 4 members (excludes halogenated alkanes) is 10. The molecule has 9 aromatic rings. The zero-order valence-electron chi connectivity index (χ0n) is 48.1. The van der Waals surface area contributed by atoms with E-state index in [1.54, 1.807) is 18.2 Å². The highest BCUT2D eigenvalue weighted by atomic mass is 16.2. The van der Waals surface area contributed by atoms with Crippen LogP contribution in [-0.2, 0) is 0 Å². The number of amides is 4. The van der Waals surface area contributed by atoms with E-state index in [9.17, 15) is 14.4 Å². The first kappa shape index (κ1) is 54.5. The van der Waals surface area contributed by atoms with Gasteiger partial charge in [0.1, 0.15) is 0 Å². The van der Waals surface area contributed by atoms with Crippen molar-refractivity contribution in [3.05, 3.63) is 203 Å². The monoisotopic (exact) mass is 1120 g/mol. The first-order valence-electron chi connectivity index (χ1n) is 30.3. The highest BCUT2D eigenvalue weighted by molar-refractivity contribution is 6.35. The number of anilines is 2. The number of imide groups is 2. The van der Waals surface area contributed by atoms with Crippen LogP contribution < -0.4 is 5.32 Å². The van der Waals surface area contributed by atoms with E-state index in [0.29, 0.717) is 51.7 Å². The molecule has 422 valence electrons. The van der Waals surface area contributed by atoms with E-state index in [1.165, 1.54) is 9.80 Å². The summed E-state index contributed by atoms with van der Waals surface area (Å²) in [6.07, 6.45) is 20.3. The van der Waals surface area contributed by atoms with Gasteiger partial charge >= 0.3 is 0 Å². The fourth-order valence-corrected chi connectivity index (χ4v) is 12.8. The van der Waals surface area contributed by atoms with Crippen LogP contribution in [0.1, 0.15) is 155 Å². The summed E-state index contributed by atoms with van der Waals surface area (Å²) >= 11 is 0. The lowest BCUT2D eigenvalue weighted by molar-refractivity contribution is 0.0586. The van der Waals surface area contributed by atoms with Gasteiger partial charge < -0.3 is 15.3 Å². The molecule has 0 saturated carbocycles. The van der Waals surface area contributed by atoms with Gasteiger partial charge in [0.25, 0.3) is 23.6 Å².